The van der Waals surface area contributed by atoms with Gasteiger partial charge in [0, 0.05) is 18.8 Å². The quantitative estimate of drug-likeness (QED) is 0.882. The van der Waals surface area contributed by atoms with E-state index in [1.807, 2.05) is 0 Å². The number of likely N-dealkylation sites (N-methyl/N-ethyl adjacent to an activating group) is 1. The van der Waals surface area contributed by atoms with Crippen LogP contribution in [-0.4, -0.2) is 45.5 Å². The van der Waals surface area contributed by atoms with Gasteiger partial charge in [0.2, 0.25) is 5.91 Å². The van der Waals surface area contributed by atoms with Crippen molar-refractivity contribution in [2.24, 2.45) is 0 Å². The monoisotopic (exact) mass is 300 g/mol. The lowest BCUT2D eigenvalue weighted by Gasteiger charge is -2.20. The third kappa shape index (κ3) is 3.93. The lowest BCUT2D eigenvalue weighted by molar-refractivity contribution is -0.120. The molecule has 0 bridgehead atoms. The van der Waals surface area contributed by atoms with Crippen molar-refractivity contribution < 1.29 is 17.6 Å². The largest absolute Gasteiger partial charge is 0.365 e. The number of hydrogen-bond acceptors (Lipinski definition) is 4. The van der Waals surface area contributed by atoms with Crippen LogP contribution in [0.2, 0.25) is 0 Å². The normalized spacial score (nSPS) is 20.6. The number of nitrogens with one attached hydrogen (secondary N) is 1. The van der Waals surface area contributed by atoms with Gasteiger partial charge in [0.1, 0.15) is 5.82 Å². The molecule has 0 spiro atoms. The molecule has 0 aliphatic carbocycles. The third-order valence-electron chi connectivity index (χ3n) is 3.25. The summed E-state index contributed by atoms with van der Waals surface area (Å²) < 4.78 is 35.4. The fraction of sp³-hybridized carbons (Fsp3) is 0.462. The topological polar surface area (TPSA) is 66.5 Å². The van der Waals surface area contributed by atoms with Crippen LogP contribution in [0.15, 0.2) is 24.3 Å². The molecule has 1 atom stereocenters. The van der Waals surface area contributed by atoms with Gasteiger partial charge >= 0.3 is 0 Å². The number of anilines is 1. The molecule has 110 valence electrons. The fourth-order valence-electron chi connectivity index (χ4n) is 2.18. The maximum atomic E-state index is 12.8. The van der Waals surface area contributed by atoms with Crippen LogP contribution in [0.25, 0.3) is 0 Å². The molecular formula is C13H17FN2O3S. The van der Waals surface area contributed by atoms with Crippen molar-refractivity contribution in [1.29, 1.82) is 0 Å². The van der Waals surface area contributed by atoms with Gasteiger partial charge in [0.05, 0.1) is 18.1 Å². The zero-order valence-electron chi connectivity index (χ0n) is 11.2. The molecule has 1 N–H and O–H groups in total. The lowest BCUT2D eigenvalue weighted by Crippen LogP contribution is -2.41. The van der Waals surface area contributed by atoms with Gasteiger partial charge in [-0.15, -0.1) is 0 Å². The van der Waals surface area contributed by atoms with Gasteiger partial charge < -0.3 is 10.2 Å². The van der Waals surface area contributed by atoms with Crippen LogP contribution in [0.3, 0.4) is 0 Å². The second kappa shape index (κ2) is 5.78. The minimum Gasteiger partial charge on any atom is -0.365 e. The van der Waals surface area contributed by atoms with Gasteiger partial charge in [-0.05, 0) is 30.7 Å². The Morgan fingerprint density at radius 3 is 2.60 bits per heavy atom. The van der Waals surface area contributed by atoms with E-state index in [2.05, 4.69) is 5.32 Å². The molecule has 20 heavy (non-hydrogen) atoms. The van der Waals surface area contributed by atoms with E-state index in [4.69, 9.17) is 0 Å². The summed E-state index contributed by atoms with van der Waals surface area (Å²) in [4.78, 5) is 13.5. The van der Waals surface area contributed by atoms with Crippen molar-refractivity contribution in [3.05, 3.63) is 30.1 Å². The van der Waals surface area contributed by atoms with Gasteiger partial charge in [-0.2, -0.15) is 0 Å². The second-order valence-corrected chi connectivity index (χ2v) is 7.23. The lowest BCUT2D eigenvalue weighted by atomic mass is 10.2. The van der Waals surface area contributed by atoms with Crippen molar-refractivity contribution in [3.8, 4) is 0 Å². The highest BCUT2D eigenvalue weighted by Crippen LogP contribution is 2.14. The van der Waals surface area contributed by atoms with Gasteiger partial charge in [0.25, 0.3) is 0 Å². The summed E-state index contributed by atoms with van der Waals surface area (Å²) in [5.41, 5.74) is 0.723. The van der Waals surface area contributed by atoms with E-state index in [9.17, 15) is 17.6 Å². The first-order valence-corrected chi connectivity index (χ1v) is 8.14. The van der Waals surface area contributed by atoms with E-state index in [1.165, 1.54) is 12.1 Å². The maximum Gasteiger partial charge on any atom is 0.239 e. The molecule has 0 aromatic heterocycles. The number of sulfone groups is 1. The highest BCUT2D eigenvalue weighted by atomic mass is 32.2. The summed E-state index contributed by atoms with van der Waals surface area (Å²) in [7, 11) is -1.28. The Hall–Kier alpha value is -1.63. The van der Waals surface area contributed by atoms with Crippen LogP contribution in [-0.2, 0) is 14.6 Å². The molecule has 1 unspecified atom stereocenters. The van der Waals surface area contributed by atoms with Crippen LogP contribution >= 0.6 is 0 Å². The highest BCUT2D eigenvalue weighted by Gasteiger charge is 2.28. The summed E-state index contributed by atoms with van der Waals surface area (Å²) in [5, 5.41) is 2.71. The molecule has 0 radical (unpaired) electrons. The Morgan fingerprint density at radius 2 is 2.05 bits per heavy atom. The third-order valence-corrected chi connectivity index (χ3v) is 5.01. The minimum absolute atomic E-state index is 0.0129. The van der Waals surface area contributed by atoms with E-state index in [0.29, 0.717) is 6.42 Å². The standard InChI is InChI=1S/C13H17FN2O3S/c1-16(12-4-2-10(14)3-5-12)8-13(17)15-11-6-7-20(18,19)9-11/h2-5,11H,6-9H2,1H3,(H,15,17). The number of rotatable bonds is 4. The summed E-state index contributed by atoms with van der Waals surface area (Å²) in [6, 6.07) is 5.53. The number of benzene rings is 1. The Balaban J connectivity index is 1.87. The van der Waals surface area contributed by atoms with E-state index in [1.54, 1.807) is 24.1 Å². The highest BCUT2D eigenvalue weighted by molar-refractivity contribution is 7.91. The molecule has 7 heteroatoms. The Kier molecular flexibility index (Phi) is 4.27. The van der Waals surface area contributed by atoms with Gasteiger partial charge in [-0.1, -0.05) is 0 Å². The minimum atomic E-state index is -3.00. The number of amides is 1. The van der Waals surface area contributed by atoms with Crippen LogP contribution in [0, 0.1) is 5.82 Å². The predicted molar refractivity (Wildman–Crippen MR) is 74.9 cm³/mol. The molecule has 1 aromatic carbocycles. The molecule has 2 rings (SSSR count). The van der Waals surface area contributed by atoms with Crippen molar-refractivity contribution in [1.82, 2.24) is 5.32 Å². The van der Waals surface area contributed by atoms with Gasteiger partial charge in [-0.3, -0.25) is 4.79 Å². The summed E-state index contributed by atoms with van der Waals surface area (Å²) in [6.07, 6.45) is 0.467. The van der Waals surface area contributed by atoms with Gasteiger partial charge in [0.15, 0.2) is 9.84 Å². The Morgan fingerprint density at radius 1 is 1.40 bits per heavy atom. The molecule has 1 amide bonds. The average Bonchev–Trinajstić information content (AvgIpc) is 2.69. The molecule has 1 aliphatic rings. The fourth-order valence-corrected chi connectivity index (χ4v) is 3.86. The van der Waals surface area contributed by atoms with Crippen LogP contribution in [0.1, 0.15) is 6.42 Å². The molecular weight excluding hydrogens is 283 g/mol. The second-order valence-electron chi connectivity index (χ2n) is 5.00. The summed E-state index contributed by atoms with van der Waals surface area (Å²) in [5.74, 6) is -0.424. The molecule has 5 nitrogen and oxygen atoms in total. The van der Waals surface area contributed by atoms with Crippen LogP contribution < -0.4 is 10.2 Å². The first kappa shape index (κ1) is 14.8. The van der Waals surface area contributed by atoms with E-state index in [-0.39, 0.29) is 35.8 Å². The summed E-state index contributed by atoms with van der Waals surface area (Å²) in [6.45, 7) is 0.0994. The van der Waals surface area contributed by atoms with Crippen LogP contribution in [0.5, 0.6) is 0 Å². The molecule has 1 heterocycles. The van der Waals surface area contributed by atoms with Crippen molar-refractivity contribution in [2.45, 2.75) is 12.5 Å². The number of carbonyl (C=O) groups excluding carboxylic acids is 1. The maximum absolute atomic E-state index is 12.8. The molecule has 0 saturated carbocycles. The first-order chi connectivity index (χ1) is 9.35. The zero-order valence-corrected chi connectivity index (χ0v) is 12.0. The van der Waals surface area contributed by atoms with Crippen molar-refractivity contribution in [3.63, 3.8) is 0 Å². The SMILES string of the molecule is CN(CC(=O)NC1CCS(=O)(=O)C1)c1ccc(F)cc1. The van der Waals surface area contributed by atoms with Crippen LogP contribution in [0.4, 0.5) is 10.1 Å². The number of halogens is 1. The van der Waals surface area contributed by atoms with Crippen molar-refractivity contribution >= 4 is 21.4 Å². The number of carbonyl (C=O) groups is 1. The summed E-state index contributed by atoms with van der Waals surface area (Å²) >= 11 is 0. The smallest absolute Gasteiger partial charge is 0.239 e. The molecule has 1 fully saturated rings. The Bertz CT molecular complexity index is 586. The van der Waals surface area contributed by atoms with E-state index >= 15 is 0 Å². The van der Waals surface area contributed by atoms with Crippen molar-refractivity contribution in [2.75, 3.05) is 30.0 Å². The average molecular weight is 300 g/mol. The molecule has 1 aliphatic heterocycles. The first-order valence-electron chi connectivity index (χ1n) is 6.32. The zero-order chi connectivity index (χ0) is 14.8. The molecule has 1 aromatic rings. The Labute approximate surface area is 117 Å². The predicted octanol–water partition coefficient (Wildman–Crippen LogP) is 0.565. The molecule has 1 saturated heterocycles. The number of hydrogen-bond donors (Lipinski definition) is 1. The van der Waals surface area contributed by atoms with E-state index in [0.717, 1.165) is 5.69 Å². The van der Waals surface area contributed by atoms with Gasteiger partial charge in [-0.25, -0.2) is 12.8 Å². The van der Waals surface area contributed by atoms with E-state index < -0.39 is 9.84 Å². The number of nitrogens with zero attached hydrogens (tertiary/aromatic N) is 1.